The molecule has 0 atom stereocenters. The van der Waals surface area contributed by atoms with Crippen molar-refractivity contribution in [2.24, 2.45) is 0 Å². The molecule has 20 heavy (non-hydrogen) atoms. The molecule has 0 aliphatic heterocycles. The van der Waals surface area contributed by atoms with E-state index in [9.17, 15) is 0 Å². The van der Waals surface area contributed by atoms with E-state index in [0.29, 0.717) is 16.9 Å². The number of hydrogen-bond acceptors (Lipinski definition) is 2. The van der Waals surface area contributed by atoms with Crippen molar-refractivity contribution in [2.45, 2.75) is 13.8 Å². The van der Waals surface area contributed by atoms with Crippen molar-refractivity contribution in [3.8, 4) is 11.3 Å². The van der Waals surface area contributed by atoms with E-state index in [1.165, 1.54) is 0 Å². The molecule has 1 aromatic heterocycles. The van der Waals surface area contributed by atoms with Gasteiger partial charge in [0, 0.05) is 5.56 Å². The molecular weight excluding hydrogens is 245 g/mol. The second kappa shape index (κ2) is 6.24. The lowest BCUT2D eigenvalue weighted by Crippen LogP contribution is -2.05. The molecule has 0 saturated carbocycles. The van der Waals surface area contributed by atoms with Gasteiger partial charge in [0.1, 0.15) is 7.85 Å². The number of rotatable bonds is 4. The van der Waals surface area contributed by atoms with E-state index in [4.69, 9.17) is 12.4 Å². The van der Waals surface area contributed by atoms with Crippen molar-refractivity contribution in [3.05, 3.63) is 66.4 Å². The molecule has 0 N–H and O–H groups in total. The van der Waals surface area contributed by atoms with E-state index in [1.807, 2.05) is 50.3 Å². The van der Waals surface area contributed by atoms with Crippen LogP contribution in [0.2, 0.25) is 0 Å². The summed E-state index contributed by atoms with van der Waals surface area (Å²) in [6.07, 6.45) is 7.76. The van der Waals surface area contributed by atoms with Gasteiger partial charge in [0.05, 0.1) is 5.69 Å². The van der Waals surface area contributed by atoms with E-state index in [1.54, 1.807) is 6.08 Å². The van der Waals surface area contributed by atoms with Crippen molar-refractivity contribution in [2.75, 3.05) is 0 Å². The summed E-state index contributed by atoms with van der Waals surface area (Å²) in [5.74, 6) is 0.623. The second-order valence-corrected chi connectivity index (χ2v) is 4.43. The molecule has 98 valence electrons. The van der Waals surface area contributed by atoms with Gasteiger partial charge in [-0.1, -0.05) is 60.3 Å². The summed E-state index contributed by atoms with van der Waals surface area (Å²) < 4.78 is 5.26. The van der Waals surface area contributed by atoms with E-state index in [2.05, 4.69) is 17.8 Å². The minimum absolute atomic E-state index is 0.593. The Morgan fingerprint density at radius 1 is 1.30 bits per heavy atom. The van der Waals surface area contributed by atoms with Crippen molar-refractivity contribution in [1.82, 2.24) is 5.16 Å². The first-order valence-corrected chi connectivity index (χ1v) is 6.45. The maximum absolute atomic E-state index is 5.93. The van der Waals surface area contributed by atoms with Crippen LogP contribution in [-0.4, -0.2) is 13.0 Å². The first-order valence-electron chi connectivity index (χ1n) is 6.45. The molecule has 0 spiro atoms. The SMILES string of the molecule is [B]c1c(C)noc1-c1ccc(C(/C=C\C=C)=C/C)cc1. The lowest BCUT2D eigenvalue weighted by molar-refractivity contribution is 0.427. The maximum Gasteiger partial charge on any atom is 0.160 e. The van der Waals surface area contributed by atoms with Crippen molar-refractivity contribution < 1.29 is 4.52 Å². The molecule has 0 unspecified atom stereocenters. The zero-order valence-corrected chi connectivity index (χ0v) is 11.8. The third-order valence-electron chi connectivity index (χ3n) is 3.11. The van der Waals surface area contributed by atoms with Crippen molar-refractivity contribution in [3.63, 3.8) is 0 Å². The third-order valence-corrected chi connectivity index (χ3v) is 3.11. The molecule has 0 saturated heterocycles. The number of hydrogen-bond donors (Lipinski definition) is 0. The fourth-order valence-electron chi connectivity index (χ4n) is 1.93. The van der Waals surface area contributed by atoms with Crippen molar-refractivity contribution in [1.29, 1.82) is 0 Å². The summed E-state index contributed by atoms with van der Waals surface area (Å²) in [7, 11) is 5.93. The van der Waals surface area contributed by atoms with E-state index in [-0.39, 0.29) is 0 Å². The number of aromatic nitrogens is 1. The van der Waals surface area contributed by atoms with Gasteiger partial charge < -0.3 is 4.52 Å². The predicted molar refractivity (Wildman–Crippen MR) is 85.1 cm³/mol. The molecule has 0 fully saturated rings. The van der Waals surface area contributed by atoms with E-state index >= 15 is 0 Å². The quantitative estimate of drug-likeness (QED) is 0.621. The molecule has 1 heterocycles. The topological polar surface area (TPSA) is 26.0 Å². The Hall–Kier alpha value is -2.29. The van der Waals surface area contributed by atoms with Crippen LogP contribution < -0.4 is 5.46 Å². The zero-order chi connectivity index (χ0) is 14.5. The lowest BCUT2D eigenvalue weighted by Gasteiger charge is -2.04. The summed E-state index contributed by atoms with van der Waals surface area (Å²) in [5, 5.41) is 3.87. The molecule has 0 aliphatic carbocycles. The fourth-order valence-corrected chi connectivity index (χ4v) is 1.93. The summed E-state index contributed by atoms with van der Waals surface area (Å²) in [6, 6.07) is 8.04. The molecule has 2 radical (unpaired) electrons. The minimum Gasteiger partial charge on any atom is -0.357 e. The van der Waals surface area contributed by atoms with Crippen LogP contribution in [0.15, 0.2) is 59.7 Å². The number of benzene rings is 1. The van der Waals surface area contributed by atoms with Gasteiger partial charge >= 0.3 is 0 Å². The average Bonchev–Trinajstić information content (AvgIpc) is 2.81. The molecule has 0 aliphatic rings. The molecule has 2 nitrogen and oxygen atoms in total. The lowest BCUT2D eigenvalue weighted by atomic mass is 9.90. The summed E-state index contributed by atoms with van der Waals surface area (Å²) in [6.45, 7) is 7.52. The van der Waals surface area contributed by atoms with Gasteiger partial charge in [-0.05, 0) is 30.4 Å². The first kappa shape index (κ1) is 14.1. The normalized spacial score (nSPS) is 12.0. The fraction of sp³-hybridized carbons (Fsp3) is 0.118. The highest BCUT2D eigenvalue weighted by Crippen LogP contribution is 2.22. The second-order valence-electron chi connectivity index (χ2n) is 4.43. The highest BCUT2D eigenvalue weighted by Gasteiger charge is 2.10. The van der Waals surface area contributed by atoms with Crippen LogP contribution >= 0.6 is 0 Å². The summed E-state index contributed by atoms with van der Waals surface area (Å²) in [5.41, 5.74) is 4.50. The van der Waals surface area contributed by atoms with Gasteiger partial charge in [0.25, 0.3) is 0 Å². The molecule has 0 bridgehead atoms. The Balaban J connectivity index is 2.33. The third kappa shape index (κ3) is 2.82. The number of aryl methyl sites for hydroxylation is 1. The van der Waals surface area contributed by atoms with Crippen LogP contribution in [0.4, 0.5) is 0 Å². The van der Waals surface area contributed by atoms with E-state index in [0.717, 1.165) is 16.7 Å². The van der Waals surface area contributed by atoms with Gasteiger partial charge in [0.15, 0.2) is 5.76 Å². The molecular formula is C17H16BNO. The minimum atomic E-state index is 0.593. The van der Waals surface area contributed by atoms with Crippen LogP contribution in [0.5, 0.6) is 0 Å². The van der Waals surface area contributed by atoms with Gasteiger partial charge in [-0.25, -0.2) is 0 Å². The Bertz CT molecular complexity index is 663. The molecule has 3 heteroatoms. The van der Waals surface area contributed by atoms with Crippen LogP contribution in [0.1, 0.15) is 18.2 Å². The first-order chi connectivity index (χ1) is 9.67. The van der Waals surface area contributed by atoms with Crippen LogP contribution in [-0.2, 0) is 0 Å². The number of nitrogens with zero attached hydrogens (tertiary/aromatic N) is 1. The van der Waals surface area contributed by atoms with Crippen LogP contribution in [0.25, 0.3) is 16.9 Å². The predicted octanol–water partition coefficient (Wildman–Crippen LogP) is 3.59. The largest absolute Gasteiger partial charge is 0.357 e. The molecule has 2 rings (SSSR count). The Labute approximate surface area is 120 Å². The van der Waals surface area contributed by atoms with Gasteiger partial charge in [-0.3, -0.25) is 0 Å². The zero-order valence-electron chi connectivity index (χ0n) is 11.8. The van der Waals surface area contributed by atoms with Gasteiger partial charge in [-0.2, -0.15) is 0 Å². The van der Waals surface area contributed by atoms with Crippen LogP contribution in [0, 0.1) is 6.92 Å². The highest BCUT2D eigenvalue weighted by molar-refractivity contribution is 6.36. The van der Waals surface area contributed by atoms with Gasteiger partial charge in [-0.15, -0.1) is 0 Å². The molecule has 0 amide bonds. The summed E-state index contributed by atoms with van der Waals surface area (Å²) in [4.78, 5) is 0. The Morgan fingerprint density at radius 2 is 2.00 bits per heavy atom. The maximum atomic E-state index is 5.93. The Kier molecular flexibility index (Phi) is 4.41. The van der Waals surface area contributed by atoms with Crippen molar-refractivity contribution >= 4 is 18.9 Å². The standard InChI is InChI=1S/C17H16BNO/c1-4-6-7-13(5-2)14-8-10-15(11-9-14)17-16(18)12(3)19-20-17/h4-11H,1H2,2-3H3/b7-6-,13-5+. The average molecular weight is 261 g/mol. The van der Waals surface area contributed by atoms with Crippen LogP contribution in [0.3, 0.4) is 0 Å². The molecule has 2 aromatic rings. The molecule has 1 aromatic carbocycles. The highest BCUT2D eigenvalue weighted by atomic mass is 16.5. The van der Waals surface area contributed by atoms with Gasteiger partial charge in [0.2, 0.25) is 0 Å². The monoisotopic (exact) mass is 261 g/mol. The number of allylic oxidation sites excluding steroid dienone is 5. The summed E-state index contributed by atoms with van der Waals surface area (Å²) >= 11 is 0. The smallest absolute Gasteiger partial charge is 0.160 e. The van der Waals surface area contributed by atoms with E-state index < -0.39 is 0 Å². The Morgan fingerprint density at radius 3 is 2.50 bits per heavy atom.